The van der Waals surface area contributed by atoms with E-state index in [1.807, 2.05) is 6.07 Å². The van der Waals surface area contributed by atoms with Crippen LogP contribution in [0.25, 0.3) is 0 Å². The lowest BCUT2D eigenvalue weighted by molar-refractivity contribution is 0.121. The van der Waals surface area contributed by atoms with Crippen molar-refractivity contribution in [3.05, 3.63) is 29.8 Å². The number of rotatable bonds is 5. The van der Waals surface area contributed by atoms with Gasteiger partial charge in [-0.1, -0.05) is 18.2 Å². The molecule has 0 spiro atoms. The smallest absolute Gasteiger partial charge is 0.275 e. The van der Waals surface area contributed by atoms with Crippen molar-refractivity contribution in [2.45, 2.75) is 6.54 Å². The number of phenols is 1. The van der Waals surface area contributed by atoms with Gasteiger partial charge in [0.15, 0.2) is 0 Å². The quantitative estimate of drug-likeness (QED) is 0.772. The van der Waals surface area contributed by atoms with Crippen molar-refractivity contribution < 1.29 is 14.6 Å². The summed E-state index contributed by atoms with van der Waals surface area (Å²) in [7, 11) is 0. The molecule has 2 aromatic rings. The van der Waals surface area contributed by atoms with Crippen molar-refractivity contribution in [2.24, 2.45) is 10.2 Å². The van der Waals surface area contributed by atoms with E-state index in [4.69, 9.17) is 9.47 Å². The summed E-state index contributed by atoms with van der Waals surface area (Å²) in [6.07, 6.45) is 0. The maximum atomic E-state index is 9.86. The number of azo groups is 1. The third-order valence-electron chi connectivity index (χ3n) is 4.58. The molecule has 2 saturated heterocycles. The summed E-state index contributed by atoms with van der Waals surface area (Å²) in [5.74, 6) is 1.61. The molecule has 0 atom stereocenters. The Morgan fingerprint density at radius 3 is 2.00 bits per heavy atom. The van der Waals surface area contributed by atoms with E-state index in [0.717, 1.165) is 26.2 Å². The van der Waals surface area contributed by atoms with E-state index in [1.54, 1.807) is 18.2 Å². The minimum Gasteiger partial charge on any atom is -0.508 e. The molecular weight excluding hydrogens is 362 g/mol. The van der Waals surface area contributed by atoms with Crippen molar-refractivity contribution >= 4 is 17.8 Å². The monoisotopic (exact) mass is 385 g/mol. The second kappa shape index (κ2) is 8.89. The fourth-order valence-corrected chi connectivity index (χ4v) is 3.02. The van der Waals surface area contributed by atoms with Crippen LogP contribution < -0.4 is 9.80 Å². The van der Waals surface area contributed by atoms with Crippen LogP contribution in [-0.2, 0) is 16.0 Å². The van der Waals surface area contributed by atoms with E-state index < -0.39 is 0 Å². The van der Waals surface area contributed by atoms with Crippen molar-refractivity contribution in [3.8, 4) is 5.75 Å². The minimum atomic E-state index is 0.195. The number of phenolic OH excluding ortho intramolecular Hbond substituents is 1. The Kier molecular flexibility index (Phi) is 5.88. The fourth-order valence-electron chi connectivity index (χ4n) is 3.02. The molecule has 0 aliphatic carbocycles. The van der Waals surface area contributed by atoms with Crippen LogP contribution in [0.1, 0.15) is 5.56 Å². The van der Waals surface area contributed by atoms with Crippen LogP contribution in [0, 0.1) is 0 Å². The Morgan fingerprint density at radius 2 is 1.43 bits per heavy atom. The molecule has 10 heteroatoms. The Hall–Kier alpha value is -2.85. The molecule has 28 heavy (non-hydrogen) atoms. The number of nitrogens with zero attached hydrogens (tertiary/aromatic N) is 7. The van der Waals surface area contributed by atoms with E-state index in [9.17, 15) is 5.11 Å². The van der Waals surface area contributed by atoms with E-state index in [0.29, 0.717) is 43.9 Å². The number of hydrogen-bond donors (Lipinski definition) is 1. The van der Waals surface area contributed by atoms with Crippen LogP contribution in [0.4, 0.5) is 17.8 Å². The van der Waals surface area contributed by atoms with Crippen LogP contribution in [0.2, 0.25) is 0 Å². The molecule has 10 nitrogen and oxygen atoms in total. The zero-order valence-corrected chi connectivity index (χ0v) is 15.6. The van der Waals surface area contributed by atoms with Crippen LogP contribution in [0.5, 0.6) is 5.75 Å². The summed E-state index contributed by atoms with van der Waals surface area (Å²) in [5.41, 5.74) is 0.696. The van der Waals surface area contributed by atoms with Crippen LogP contribution in [-0.4, -0.2) is 72.7 Å². The maximum absolute atomic E-state index is 9.86. The number of anilines is 2. The molecule has 0 saturated carbocycles. The van der Waals surface area contributed by atoms with Gasteiger partial charge in [-0.05, 0) is 6.07 Å². The standard InChI is InChI=1S/C18H23N7O3/c26-15-4-2-1-3-14(15)13-19-23-16-20-17(24-5-9-27-10-6-24)22-18(21-16)25-7-11-28-12-8-25/h1-4,26H,5-13H2. The summed E-state index contributed by atoms with van der Waals surface area (Å²) in [4.78, 5) is 17.7. The molecular formula is C18H23N7O3. The molecule has 1 aromatic carbocycles. The van der Waals surface area contributed by atoms with Crippen LogP contribution in [0.3, 0.4) is 0 Å². The lowest BCUT2D eigenvalue weighted by Crippen LogP contribution is -2.39. The Bertz CT molecular complexity index is 784. The van der Waals surface area contributed by atoms with Gasteiger partial charge in [-0.2, -0.15) is 20.1 Å². The highest BCUT2D eigenvalue weighted by molar-refractivity contribution is 5.43. The Balaban J connectivity index is 1.57. The third kappa shape index (κ3) is 4.52. The summed E-state index contributed by atoms with van der Waals surface area (Å²) >= 11 is 0. The summed E-state index contributed by atoms with van der Waals surface area (Å²) < 4.78 is 10.8. The van der Waals surface area contributed by atoms with E-state index in [2.05, 4.69) is 35.0 Å². The van der Waals surface area contributed by atoms with Gasteiger partial charge in [-0.15, -0.1) is 5.11 Å². The highest BCUT2D eigenvalue weighted by Gasteiger charge is 2.20. The van der Waals surface area contributed by atoms with Crippen molar-refractivity contribution in [3.63, 3.8) is 0 Å². The number of para-hydroxylation sites is 1. The number of aromatic hydroxyl groups is 1. The molecule has 148 valence electrons. The molecule has 1 N–H and O–H groups in total. The number of morpholine rings is 2. The molecule has 2 aliphatic rings. The Labute approximate surface area is 162 Å². The summed E-state index contributed by atoms with van der Waals surface area (Å²) in [5, 5.41) is 18.2. The van der Waals surface area contributed by atoms with Crippen LogP contribution >= 0.6 is 0 Å². The maximum Gasteiger partial charge on any atom is 0.275 e. The van der Waals surface area contributed by atoms with E-state index in [1.165, 1.54) is 0 Å². The van der Waals surface area contributed by atoms with Gasteiger partial charge in [0, 0.05) is 31.7 Å². The summed E-state index contributed by atoms with van der Waals surface area (Å²) in [6, 6.07) is 7.05. The van der Waals surface area contributed by atoms with Gasteiger partial charge >= 0.3 is 0 Å². The largest absolute Gasteiger partial charge is 0.508 e. The SMILES string of the molecule is Oc1ccccc1CN=Nc1nc(N2CCOCC2)nc(N2CCOCC2)n1. The van der Waals surface area contributed by atoms with Gasteiger partial charge in [0.25, 0.3) is 5.95 Å². The average molecular weight is 385 g/mol. The predicted octanol–water partition coefficient (Wildman–Crippen LogP) is 1.53. The molecule has 0 amide bonds. The predicted molar refractivity (Wildman–Crippen MR) is 102 cm³/mol. The summed E-state index contributed by atoms with van der Waals surface area (Å²) in [6.45, 7) is 5.71. The highest BCUT2D eigenvalue weighted by Crippen LogP contribution is 2.21. The van der Waals surface area contributed by atoms with Gasteiger partial charge < -0.3 is 24.4 Å². The molecule has 0 unspecified atom stereocenters. The third-order valence-corrected chi connectivity index (χ3v) is 4.58. The van der Waals surface area contributed by atoms with Crippen molar-refractivity contribution in [1.82, 2.24) is 15.0 Å². The number of benzene rings is 1. The second-order valence-electron chi connectivity index (χ2n) is 6.46. The Morgan fingerprint density at radius 1 is 0.857 bits per heavy atom. The molecule has 0 radical (unpaired) electrons. The lowest BCUT2D eigenvalue weighted by atomic mass is 10.2. The fraction of sp³-hybridized carbons (Fsp3) is 0.500. The number of aromatic nitrogens is 3. The minimum absolute atomic E-state index is 0.195. The van der Waals surface area contributed by atoms with Gasteiger partial charge in [0.05, 0.1) is 33.0 Å². The van der Waals surface area contributed by atoms with Gasteiger partial charge in [0.2, 0.25) is 11.9 Å². The van der Waals surface area contributed by atoms with E-state index in [-0.39, 0.29) is 18.2 Å². The van der Waals surface area contributed by atoms with E-state index >= 15 is 0 Å². The molecule has 0 bridgehead atoms. The molecule has 2 aliphatic heterocycles. The first-order chi connectivity index (χ1) is 13.8. The van der Waals surface area contributed by atoms with Gasteiger partial charge in [0.1, 0.15) is 5.75 Å². The molecule has 4 rings (SSSR count). The zero-order valence-electron chi connectivity index (χ0n) is 15.6. The van der Waals surface area contributed by atoms with Crippen LogP contribution in [0.15, 0.2) is 34.5 Å². The molecule has 1 aromatic heterocycles. The highest BCUT2D eigenvalue weighted by atomic mass is 16.5. The van der Waals surface area contributed by atoms with Crippen molar-refractivity contribution in [1.29, 1.82) is 0 Å². The normalized spacial score (nSPS) is 18.0. The number of ether oxygens (including phenoxy) is 2. The average Bonchev–Trinajstić information content (AvgIpc) is 2.76. The molecule has 2 fully saturated rings. The van der Waals surface area contributed by atoms with Gasteiger partial charge in [-0.25, -0.2) is 0 Å². The zero-order chi connectivity index (χ0) is 19.2. The number of hydrogen-bond acceptors (Lipinski definition) is 10. The van der Waals surface area contributed by atoms with Gasteiger partial charge in [-0.3, -0.25) is 0 Å². The molecule has 3 heterocycles. The first-order valence-corrected chi connectivity index (χ1v) is 9.35. The first-order valence-electron chi connectivity index (χ1n) is 9.35. The van der Waals surface area contributed by atoms with Crippen molar-refractivity contribution in [2.75, 3.05) is 62.4 Å². The second-order valence-corrected chi connectivity index (χ2v) is 6.46. The lowest BCUT2D eigenvalue weighted by Gasteiger charge is -2.29. The topological polar surface area (TPSA) is 109 Å². The first kappa shape index (κ1) is 18.5.